The highest BCUT2D eigenvalue weighted by Gasteiger charge is 2.38. The summed E-state index contributed by atoms with van der Waals surface area (Å²) in [5.41, 5.74) is 0. The molecule has 54 valence electrons. The Hall–Kier alpha value is -0.550. The molecule has 2 aliphatic rings. The number of rotatable bonds is 0. The van der Waals surface area contributed by atoms with E-state index < -0.39 is 0 Å². The largest absolute Gasteiger partial charge is 0.301 e. The molecule has 1 aliphatic carbocycles. The zero-order chi connectivity index (χ0) is 6.97. The predicted octanol–water partition coefficient (Wildman–Crippen LogP) is 0.898. The summed E-state index contributed by atoms with van der Waals surface area (Å²) >= 11 is 0. The van der Waals surface area contributed by atoms with Gasteiger partial charge in [0.15, 0.2) is 0 Å². The number of hydrogen-bond acceptors (Lipinski definition) is 2. The van der Waals surface area contributed by atoms with Crippen molar-refractivity contribution in [3.8, 4) is 6.07 Å². The van der Waals surface area contributed by atoms with Gasteiger partial charge >= 0.3 is 0 Å². The first-order valence-electron chi connectivity index (χ1n) is 4.05. The second-order valence-electron chi connectivity index (χ2n) is 3.37. The fourth-order valence-corrected chi connectivity index (χ4v) is 2.33. The molecule has 10 heavy (non-hydrogen) atoms. The first kappa shape index (κ1) is 6.18. The molecule has 1 heterocycles. The number of nitriles is 1. The summed E-state index contributed by atoms with van der Waals surface area (Å²) in [5, 5.41) is 11.9. The zero-order valence-electron chi connectivity index (χ0n) is 6.01. The van der Waals surface area contributed by atoms with Gasteiger partial charge in [0.25, 0.3) is 0 Å². The average molecular weight is 136 g/mol. The monoisotopic (exact) mass is 136 g/mol. The molecular weight excluding hydrogens is 124 g/mol. The molecule has 0 amide bonds. The molecule has 2 heteroatoms. The van der Waals surface area contributed by atoms with Gasteiger partial charge in [-0.05, 0) is 31.2 Å². The van der Waals surface area contributed by atoms with Gasteiger partial charge < -0.3 is 5.32 Å². The van der Waals surface area contributed by atoms with Crippen molar-refractivity contribution in [2.45, 2.75) is 25.3 Å². The van der Waals surface area contributed by atoms with Crippen LogP contribution < -0.4 is 5.32 Å². The highest BCUT2D eigenvalue weighted by Crippen LogP contribution is 2.37. The van der Waals surface area contributed by atoms with Crippen LogP contribution in [0.15, 0.2) is 0 Å². The van der Waals surface area contributed by atoms with Crippen molar-refractivity contribution in [2.75, 3.05) is 6.54 Å². The Balaban J connectivity index is 2.10. The number of fused-ring (bicyclic) bond motifs is 1. The fourth-order valence-electron chi connectivity index (χ4n) is 2.33. The summed E-state index contributed by atoms with van der Waals surface area (Å²) in [6, 6.07) is 2.50. The van der Waals surface area contributed by atoms with Gasteiger partial charge in [0.05, 0.1) is 12.1 Å². The third kappa shape index (κ3) is 0.741. The van der Waals surface area contributed by atoms with E-state index in [1.165, 1.54) is 19.3 Å². The van der Waals surface area contributed by atoms with Gasteiger partial charge in [-0.25, -0.2) is 0 Å². The van der Waals surface area contributed by atoms with Crippen LogP contribution in [0, 0.1) is 23.2 Å². The van der Waals surface area contributed by atoms with Gasteiger partial charge in [-0.2, -0.15) is 5.26 Å². The molecule has 0 aromatic carbocycles. The van der Waals surface area contributed by atoms with E-state index in [-0.39, 0.29) is 6.04 Å². The summed E-state index contributed by atoms with van der Waals surface area (Å²) in [6.07, 6.45) is 3.96. The Morgan fingerprint density at radius 3 is 3.10 bits per heavy atom. The number of nitrogens with one attached hydrogen (secondary N) is 1. The van der Waals surface area contributed by atoms with Gasteiger partial charge in [0.2, 0.25) is 0 Å². The van der Waals surface area contributed by atoms with Crippen LogP contribution in [0.1, 0.15) is 19.3 Å². The molecule has 1 saturated heterocycles. The quantitative estimate of drug-likeness (QED) is 0.537. The summed E-state index contributed by atoms with van der Waals surface area (Å²) in [4.78, 5) is 0. The van der Waals surface area contributed by atoms with E-state index in [0.717, 1.165) is 12.5 Å². The van der Waals surface area contributed by atoms with Crippen molar-refractivity contribution in [3.05, 3.63) is 0 Å². The molecule has 2 fully saturated rings. The van der Waals surface area contributed by atoms with Gasteiger partial charge in [-0.3, -0.25) is 0 Å². The van der Waals surface area contributed by atoms with E-state index in [1.54, 1.807) is 0 Å². The van der Waals surface area contributed by atoms with Crippen LogP contribution >= 0.6 is 0 Å². The molecule has 0 radical (unpaired) electrons. The average Bonchev–Trinajstić information content (AvgIpc) is 2.44. The van der Waals surface area contributed by atoms with Gasteiger partial charge in [-0.15, -0.1) is 0 Å². The molecule has 0 aromatic heterocycles. The second-order valence-corrected chi connectivity index (χ2v) is 3.37. The minimum Gasteiger partial charge on any atom is -0.301 e. The van der Waals surface area contributed by atoms with Crippen molar-refractivity contribution < 1.29 is 0 Å². The van der Waals surface area contributed by atoms with Crippen LogP contribution in [0.25, 0.3) is 0 Å². The highest BCUT2D eigenvalue weighted by atomic mass is 15.0. The minimum absolute atomic E-state index is 0.174. The Kier molecular flexibility index (Phi) is 1.39. The molecule has 2 rings (SSSR count). The Morgan fingerprint density at radius 1 is 1.40 bits per heavy atom. The lowest BCUT2D eigenvalue weighted by Gasteiger charge is -2.08. The molecule has 0 aromatic rings. The molecular formula is C8H12N2. The zero-order valence-corrected chi connectivity index (χ0v) is 6.01. The van der Waals surface area contributed by atoms with Crippen LogP contribution in [0.4, 0.5) is 0 Å². The van der Waals surface area contributed by atoms with Crippen LogP contribution in [-0.2, 0) is 0 Å². The van der Waals surface area contributed by atoms with E-state index in [1.807, 2.05) is 0 Å². The number of hydrogen-bond donors (Lipinski definition) is 1. The van der Waals surface area contributed by atoms with Crippen molar-refractivity contribution in [2.24, 2.45) is 11.8 Å². The molecule has 1 saturated carbocycles. The highest BCUT2D eigenvalue weighted by molar-refractivity contribution is 5.04. The third-order valence-electron chi connectivity index (χ3n) is 2.89. The molecule has 1 aliphatic heterocycles. The van der Waals surface area contributed by atoms with Crippen LogP contribution in [0.3, 0.4) is 0 Å². The lowest BCUT2D eigenvalue weighted by Crippen LogP contribution is -2.24. The summed E-state index contributed by atoms with van der Waals surface area (Å²) in [6.45, 7) is 1.09. The standard InChI is InChI=1S/C8H12N2/c9-4-8-7-3-1-2-6(7)5-10-8/h6-8,10H,1-3,5H2/t6-,7-,8?/m0/s1. The van der Waals surface area contributed by atoms with E-state index in [4.69, 9.17) is 5.26 Å². The lowest BCUT2D eigenvalue weighted by molar-refractivity contribution is 0.460. The first-order chi connectivity index (χ1) is 4.92. The van der Waals surface area contributed by atoms with E-state index in [9.17, 15) is 0 Å². The molecule has 1 unspecified atom stereocenters. The molecule has 1 N–H and O–H groups in total. The first-order valence-corrected chi connectivity index (χ1v) is 4.05. The van der Waals surface area contributed by atoms with Crippen LogP contribution in [0.2, 0.25) is 0 Å². The Morgan fingerprint density at radius 2 is 2.30 bits per heavy atom. The van der Waals surface area contributed by atoms with Crippen molar-refractivity contribution >= 4 is 0 Å². The van der Waals surface area contributed by atoms with E-state index >= 15 is 0 Å². The maximum Gasteiger partial charge on any atom is 0.0984 e. The van der Waals surface area contributed by atoms with Crippen molar-refractivity contribution in [1.29, 1.82) is 5.26 Å². The van der Waals surface area contributed by atoms with Gasteiger partial charge in [-0.1, -0.05) is 6.42 Å². The van der Waals surface area contributed by atoms with E-state index in [2.05, 4.69) is 11.4 Å². The van der Waals surface area contributed by atoms with Crippen LogP contribution in [-0.4, -0.2) is 12.6 Å². The smallest absolute Gasteiger partial charge is 0.0984 e. The summed E-state index contributed by atoms with van der Waals surface area (Å²) in [7, 11) is 0. The molecule has 0 bridgehead atoms. The van der Waals surface area contributed by atoms with E-state index in [0.29, 0.717) is 5.92 Å². The second kappa shape index (κ2) is 2.25. The maximum absolute atomic E-state index is 8.70. The fraction of sp³-hybridized carbons (Fsp3) is 0.875. The predicted molar refractivity (Wildman–Crippen MR) is 38.2 cm³/mol. The van der Waals surface area contributed by atoms with Crippen molar-refractivity contribution in [1.82, 2.24) is 5.32 Å². The summed E-state index contributed by atoms with van der Waals surface area (Å²) < 4.78 is 0. The SMILES string of the molecule is N#CC1NC[C@@H]2CCC[C@H]12. The lowest BCUT2D eigenvalue weighted by atomic mass is 9.95. The number of nitrogens with zero attached hydrogens (tertiary/aromatic N) is 1. The van der Waals surface area contributed by atoms with Gasteiger partial charge in [0, 0.05) is 0 Å². The maximum atomic E-state index is 8.70. The van der Waals surface area contributed by atoms with Gasteiger partial charge in [0.1, 0.15) is 0 Å². The summed E-state index contributed by atoms with van der Waals surface area (Å²) in [5.74, 6) is 1.51. The molecule has 0 spiro atoms. The van der Waals surface area contributed by atoms with Crippen molar-refractivity contribution in [3.63, 3.8) is 0 Å². The molecule has 2 nitrogen and oxygen atoms in total. The third-order valence-corrected chi connectivity index (χ3v) is 2.89. The molecule has 3 atom stereocenters. The Bertz CT molecular complexity index is 171. The minimum atomic E-state index is 0.174. The Labute approximate surface area is 61.2 Å². The topological polar surface area (TPSA) is 35.8 Å². The normalized spacial score (nSPS) is 44.9. The van der Waals surface area contributed by atoms with Crippen LogP contribution in [0.5, 0.6) is 0 Å².